The number of rotatable bonds is 6. The van der Waals surface area contributed by atoms with Gasteiger partial charge in [-0.2, -0.15) is 0 Å². The topological polar surface area (TPSA) is 56.1 Å². The van der Waals surface area contributed by atoms with E-state index < -0.39 is 0 Å². The molecule has 3 saturated heterocycles. The molecule has 2 aromatic carbocycles. The van der Waals surface area contributed by atoms with Crippen LogP contribution in [0.15, 0.2) is 47.4 Å². The number of likely N-dealkylation sites (tertiary alicyclic amines) is 1. The Bertz CT molecular complexity index is 995. The number of nitro groups is 1. The fourth-order valence-corrected chi connectivity index (χ4v) is 6.42. The Balaban J connectivity index is 1.04. The van der Waals surface area contributed by atoms with Crippen LogP contribution in [0.2, 0.25) is 0 Å². The number of benzene rings is 2. The van der Waals surface area contributed by atoms with Crippen LogP contribution in [0.3, 0.4) is 0 Å². The second kappa shape index (κ2) is 10.2. The first kappa shape index (κ1) is 23.6. The lowest BCUT2D eigenvalue weighted by Gasteiger charge is -2.50. The molecule has 0 atom stereocenters. The van der Waals surface area contributed by atoms with Crippen molar-refractivity contribution >= 4 is 23.3 Å². The molecule has 5 rings (SSSR count). The molecule has 3 aliphatic rings. The van der Waals surface area contributed by atoms with E-state index in [0.29, 0.717) is 12.1 Å². The van der Waals surface area contributed by atoms with E-state index in [4.69, 9.17) is 0 Å². The van der Waals surface area contributed by atoms with E-state index in [-0.39, 0.29) is 10.6 Å². The summed E-state index contributed by atoms with van der Waals surface area (Å²) < 4.78 is 2.39. The maximum atomic E-state index is 10.8. The van der Waals surface area contributed by atoms with Gasteiger partial charge in [-0.3, -0.25) is 19.9 Å². The van der Waals surface area contributed by atoms with Crippen LogP contribution in [-0.2, 0) is 0 Å². The first-order valence-corrected chi connectivity index (χ1v) is 13.2. The highest BCUT2D eigenvalue weighted by molar-refractivity contribution is 7.97. The van der Waals surface area contributed by atoms with Crippen LogP contribution >= 0.6 is 11.9 Å². The maximum Gasteiger partial charge on any atom is 0.269 e. The Labute approximate surface area is 207 Å². The number of piperazine rings is 1. The molecule has 0 bridgehead atoms. The molecule has 34 heavy (non-hydrogen) atoms. The summed E-state index contributed by atoms with van der Waals surface area (Å²) in [6.45, 7) is 13.5. The summed E-state index contributed by atoms with van der Waals surface area (Å²) in [6.07, 6.45) is 2.55. The van der Waals surface area contributed by atoms with Crippen molar-refractivity contribution in [3.63, 3.8) is 0 Å². The van der Waals surface area contributed by atoms with Gasteiger partial charge in [0.15, 0.2) is 0 Å². The molecule has 0 spiro atoms. The predicted molar refractivity (Wildman–Crippen MR) is 139 cm³/mol. The van der Waals surface area contributed by atoms with Gasteiger partial charge in [-0.25, -0.2) is 4.31 Å². The Morgan fingerprint density at radius 3 is 2.15 bits per heavy atom. The van der Waals surface area contributed by atoms with Crippen molar-refractivity contribution in [1.82, 2.24) is 14.1 Å². The van der Waals surface area contributed by atoms with Crippen LogP contribution in [0.4, 0.5) is 11.4 Å². The molecule has 0 radical (unpaired) electrons. The predicted octanol–water partition coefficient (Wildman–Crippen LogP) is 4.19. The molecular formula is C26H35N5O2S. The third-order valence-electron chi connectivity index (χ3n) is 7.87. The summed E-state index contributed by atoms with van der Waals surface area (Å²) in [5, 5.41) is 10.8. The molecule has 3 fully saturated rings. The fraction of sp³-hybridized carbons (Fsp3) is 0.538. The smallest absolute Gasteiger partial charge is 0.269 e. The van der Waals surface area contributed by atoms with Crippen LogP contribution in [0, 0.1) is 24.0 Å². The number of piperidine rings is 1. The summed E-state index contributed by atoms with van der Waals surface area (Å²) in [5.41, 5.74) is 4.37. The van der Waals surface area contributed by atoms with E-state index in [1.54, 1.807) is 24.1 Å². The van der Waals surface area contributed by atoms with Gasteiger partial charge in [-0.15, -0.1) is 0 Å². The number of nitro benzene ring substituents is 1. The average Bonchev–Trinajstić information content (AvgIpc) is 2.82. The fourth-order valence-electron chi connectivity index (χ4n) is 5.52. The molecule has 2 aromatic rings. The van der Waals surface area contributed by atoms with E-state index in [2.05, 4.69) is 51.1 Å². The summed E-state index contributed by atoms with van der Waals surface area (Å²) in [4.78, 5) is 19.5. The van der Waals surface area contributed by atoms with Crippen molar-refractivity contribution in [2.45, 2.75) is 43.7 Å². The number of non-ortho nitro benzene ring substituents is 1. The third-order valence-corrected chi connectivity index (χ3v) is 8.97. The highest BCUT2D eigenvalue weighted by atomic mass is 32.2. The average molecular weight is 482 g/mol. The first-order chi connectivity index (χ1) is 16.5. The molecule has 3 aliphatic heterocycles. The molecule has 3 heterocycles. The molecule has 0 amide bonds. The Morgan fingerprint density at radius 2 is 1.50 bits per heavy atom. The maximum absolute atomic E-state index is 10.8. The molecule has 0 N–H and O–H groups in total. The lowest BCUT2D eigenvalue weighted by molar-refractivity contribution is -0.384. The summed E-state index contributed by atoms with van der Waals surface area (Å²) in [7, 11) is 0. The Kier molecular flexibility index (Phi) is 7.11. The number of aryl methyl sites for hydroxylation is 1. The zero-order chi connectivity index (χ0) is 23.7. The Morgan fingerprint density at radius 1 is 0.853 bits per heavy atom. The van der Waals surface area contributed by atoms with Gasteiger partial charge >= 0.3 is 0 Å². The third kappa shape index (κ3) is 5.10. The molecule has 182 valence electrons. The van der Waals surface area contributed by atoms with Crippen LogP contribution < -0.4 is 4.90 Å². The molecule has 0 unspecified atom stereocenters. The lowest BCUT2D eigenvalue weighted by Crippen LogP contribution is -2.62. The quantitative estimate of drug-likeness (QED) is 0.348. The first-order valence-electron chi connectivity index (χ1n) is 12.4. The van der Waals surface area contributed by atoms with Gasteiger partial charge in [0.05, 0.1) is 4.92 Å². The van der Waals surface area contributed by atoms with Crippen molar-refractivity contribution in [1.29, 1.82) is 0 Å². The summed E-state index contributed by atoms with van der Waals surface area (Å²) in [6, 6.07) is 15.0. The molecular weight excluding hydrogens is 446 g/mol. The molecule has 0 aliphatic carbocycles. The van der Waals surface area contributed by atoms with Crippen molar-refractivity contribution in [3.8, 4) is 0 Å². The van der Waals surface area contributed by atoms with Crippen LogP contribution in [0.1, 0.15) is 24.0 Å². The van der Waals surface area contributed by atoms with Gasteiger partial charge in [0.1, 0.15) is 0 Å². The highest BCUT2D eigenvalue weighted by Gasteiger charge is 2.36. The SMILES string of the molecule is Cc1cccc(N2CC(N3CCC(N4CCN(Sc5ccc([N+](=O)[O-])cc5)CC4)CC3)C2)c1C. The van der Waals surface area contributed by atoms with Gasteiger partial charge in [0.2, 0.25) is 0 Å². The van der Waals surface area contributed by atoms with E-state index in [1.165, 1.54) is 42.7 Å². The lowest BCUT2D eigenvalue weighted by atomic mass is 9.96. The van der Waals surface area contributed by atoms with Gasteiger partial charge in [0, 0.05) is 87.2 Å². The van der Waals surface area contributed by atoms with Crippen LogP contribution in [-0.4, -0.2) is 83.5 Å². The minimum absolute atomic E-state index is 0.153. The van der Waals surface area contributed by atoms with Crippen LogP contribution in [0.25, 0.3) is 0 Å². The zero-order valence-corrected chi connectivity index (χ0v) is 21.0. The normalized spacial score (nSPS) is 21.5. The van der Waals surface area contributed by atoms with Gasteiger partial charge in [-0.05, 0) is 68.0 Å². The van der Waals surface area contributed by atoms with Crippen molar-refractivity contribution in [3.05, 3.63) is 63.7 Å². The number of anilines is 1. The number of nitrogens with zero attached hydrogens (tertiary/aromatic N) is 5. The largest absolute Gasteiger partial charge is 0.368 e. The van der Waals surface area contributed by atoms with Gasteiger partial charge in [0.25, 0.3) is 5.69 Å². The second-order valence-electron chi connectivity index (χ2n) is 9.85. The summed E-state index contributed by atoms with van der Waals surface area (Å²) in [5.74, 6) is 0. The van der Waals surface area contributed by atoms with Gasteiger partial charge < -0.3 is 4.90 Å². The zero-order valence-electron chi connectivity index (χ0n) is 20.2. The second-order valence-corrected chi connectivity index (χ2v) is 11.0. The van der Waals surface area contributed by atoms with Crippen molar-refractivity contribution in [2.24, 2.45) is 0 Å². The number of hydrogen-bond acceptors (Lipinski definition) is 7. The highest BCUT2D eigenvalue weighted by Crippen LogP contribution is 2.31. The van der Waals surface area contributed by atoms with E-state index in [0.717, 1.165) is 44.2 Å². The summed E-state index contributed by atoms with van der Waals surface area (Å²) >= 11 is 1.72. The Hall–Kier alpha value is -2.13. The van der Waals surface area contributed by atoms with Crippen molar-refractivity contribution < 1.29 is 4.92 Å². The number of hydrogen-bond donors (Lipinski definition) is 0. The minimum atomic E-state index is -0.343. The van der Waals surface area contributed by atoms with E-state index in [1.807, 2.05) is 12.1 Å². The van der Waals surface area contributed by atoms with Crippen molar-refractivity contribution in [2.75, 3.05) is 57.3 Å². The van der Waals surface area contributed by atoms with Gasteiger partial charge in [-0.1, -0.05) is 12.1 Å². The minimum Gasteiger partial charge on any atom is -0.368 e. The molecule has 0 saturated carbocycles. The molecule has 0 aromatic heterocycles. The van der Waals surface area contributed by atoms with E-state index in [9.17, 15) is 10.1 Å². The molecule has 7 nitrogen and oxygen atoms in total. The monoisotopic (exact) mass is 481 g/mol. The standard InChI is InChI=1S/C26H35N5O2S/c1-20-4-3-5-26(21(20)2)29-18-24(19-29)27-12-10-22(11-13-27)28-14-16-30(17-15-28)34-25-8-6-23(7-9-25)31(32)33/h3-9,22,24H,10-19H2,1-2H3. The van der Waals surface area contributed by atoms with Crippen LogP contribution in [0.5, 0.6) is 0 Å². The van der Waals surface area contributed by atoms with E-state index >= 15 is 0 Å². The molecule has 8 heteroatoms.